The fourth-order valence-corrected chi connectivity index (χ4v) is 2.19. The van der Waals surface area contributed by atoms with Crippen LogP contribution in [0.1, 0.15) is 18.7 Å². The van der Waals surface area contributed by atoms with Gasteiger partial charge in [0.15, 0.2) is 0 Å². The number of hydrogen-bond donors (Lipinski definition) is 0. The number of aryl methyl sites for hydroxylation is 1. The quantitative estimate of drug-likeness (QED) is 0.743. The van der Waals surface area contributed by atoms with Gasteiger partial charge in [0, 0.05) is 39.1 Å². The Labute approximate surface area is 119 Å². The maximum Gasteiger partial charge on any atom is 0.248 e. The molecule has 1 aromatic heterocycles. The lowest BCUT2D eigenvalue weighted by Gasteiger charge is -2.18. The van der Waals surface area contributed by atoms with E-state index in [-0.39, 0.29) is 18.6 Å². The van der Waals surface area contributed by atoms with E-state index in [1.165, 1.54) is 0 Å². The molecule has 1 aromatic rings. The Morgan fingerprint density at radius 1 is 1.65 bits per heavy atom. The van der Waals surface area contributed by atoms with Crippen LogP contribution in [-0.2, 0) is 20.8 Å². The van der Waals surface area contributed by atoms with Gasteiger partial charge < -0.3 is 18.9 Å². The molecule has 0 spiro atoms. The molecule has 2 rings (SSSR count). The number of nitrogens with zero attached hydrogens (tertiary/aromatic N) is 3. The van der Waals surface area contributed by atoms with E-state index in [1.807, 2.05) is 17.7 Å². The van der Waals surface area contributed by atoms with Crippen molar-refractivity contribution < 1.29 is 14.3 Å². The van der Waals surface area contributed by atoms with Crippen LogP contribution < -0.4 is 0 Å². The number of carbonyl (C=O) groups is 1. The molecule has 1 atom stereocenters. The van der Waals surface area contributed by atoms with Crippen molar-refractivity contribution in [1.82, 2.24) is 14.5 Å². The number of amides is 1. The smallest absolute Gasteiger partial charge is 0.248 e. The van der Waals surface area contributed by atoms with Gasteiger partial charge in [-0.15, -0.1) is 0 Å². The molecule has 20 heavy (non-hydrogen) atoms. The zero-order valence-corrected chi connectivity index (χ0v) is 12.2. The lowest BCUT2D eigenvalue weighted by Crippen LogP contribution is -2.33. The topological polar surface area (TPSA) is 56.6 Å². The van der Waals surface area contributed by atoms with Crippen LogP contribution in [0.15, 0.2) is 12.4 Å². The molecule has 112 valence electrons. The summed E-state index contributed by atoms with van der Waals surface area (Å²) in [7, 11) is 1.80. The summed E-state index contributed by atoms with van der Waals surface area (Å²) in [6.07, 6.45) is 5.97. The van der Waals surface area contributed by atoms with Crippen molar-refractivity contribution in [3.63, 3.8) is 0 Å². The molecule has 6 heteroatoms. The van der Waals surface area contributed by atoms with Gasteiger partial charge in [0.1, 0.15) is 12.4 Å². The van der Waals surface area contributed by atoms with Crippen LogP contribution in [-0.4, -0.2) is 59.9 Å². The molecule has 2 heterocycles. The highest BCUT2D eigenvalue weighted by molar-refractivity contribution is 5.77. The largest absolute Gasteiger partial charge is 0.376 e. The highest BCUT2D eigenvalue weighted by Crippen LogP contribution is 2.11. The van der Waals surface area contributed by atoms with Crippen molar-refractivity contribution in [3.8, 4) is 0 Å². The summed E-state index contributed by atoms with van der Waals surface area (Å²) in [6.45, 7) is 4.80. The summed E-state index contributed by atoms with van der Waals surface area (Å²) in [5, 5.41) is 0. The van der Waals surface area contributed by atoms with Crippen LogP contribution in [0.2, 0.25) is 0 Å². The Hall–Kier alpha value is -1.40. The maximum absolute atomic E-state index is 11.9. The molecular weight excluding hydrogens is 258 g/mol. The second-order valence-electron chi connectivity index (χ2n) is 5.13. The van der Waals surface area contributed by atoms with Crippen molar-refractivity contribution in [2.24, 2.45) is 0 Å². The highest BCUT2D eigenvalue weighted by atomic mass is 16.5. The summed E-state index contributed by atoms with van der Waals surface area (Å²) in [5.74, 6) is 0.959. The van der Waals surface area contributed by atoms with Crippen molar-refractivity contribution in [3.05, 3.63) is 18.2 Å². The van der Waals surface area contributed by atoms with E-state index >= 15 is 0 Å². The minimum atomic E-state index is 0.000709. The third-order valence-electron chi connectivity index (χ3n) is 3.58. The predicted octanol–water partition coefficient (Wildman–Crippen LogP) is 0.846. The second-order valence-corrected chi connectivity index (χ2v) is 5.13. The van der Waals surface area contributed by atoms with Gasteiger partial charge in [0.25, 0.3) is 0 Å². The molecule has 0 saturated carbocycles. The first-order valence-corrected chi connectivity index (χ1v) is 7.08. The molecular formula is C14H23N3O3. The van der Waals surface area contributed by atoms with E-state index in [9.17, 15) is 4.79 Å². The first-order valence-electron chi connectivity index (χ1n) is 7.08. The van der Waals surface area contributed by atoms with Gasteiger partial charge in [-0.05, 0) is 19.8 Å². The third-order valence-corrected chi connectivity index (χ3v) is 3.58. The zero-order chi connectivity index (χ0) is 14.4. The Kier molecular flexibility index (Phi) is 5.55. The van der Waals surface area contributed by atoms with Crippen molar-refractivity contribution in [2.45, 2.75) is 32.4 Å². The van der Waals surface area contributed by atoms with Gasteiger partial charge in [-0.3, -0.25) is 4.79 Å². The lowest BCUT2D eigenvalue weighted by atomic mass is 10.2. The Morgan fingerprint density at radius 3 is 3.15 bits per heavy atom. The summed E-state index contributed by atoms with van der Waals surface area (Å²) >= 11 is 0. The maximum atomic E-state index is 11.9. The van der Waals surface area contributed by atoms with Gasteiger partial charge in [-0.1, -0.05) is 0 Å². The second kappa shape index (κ2) is 7.40. The molecule has 1 fully saturated rings. The zero-order valence-electron chi connectivity index (χ0n) is 12.2. The average Bonchev–Trinajstić information content (AvgIpc) is 3.07. The minimum absolute atomic E-state index is 0.000709. The summed E-state index contributed by atoms with van der Waals surface area (Å²) < 4.78 is 12.9. The molecule has 0 bridgehead atoms. The fraction of sp³-hybridized carbons (Fsp3) is 0.714. The molecule has 1 aliphatic rings. The van der Waals surface area contributed by atoms with Crippen LogP contribution in [0.5, 0.6) is 0 Å². The minimum Gasteiger partial charge on any atom is -0.376 e. The van der Waals surface area contributed by atoms with Crippen LogP contribution in [0.4, 0.5) is 0 Å². The molecule has 6 nitrogen and oxygen atoms in total. The van der Waals surface area contributed by atoms with Gasteiger partial charge in [-0.25, -0.2) is 4.98 Å². The van der Waals surface area contributed by atoms with Gasteiger partial charge in [0.05, 0.1) is 12.7 Å². The first kappa shape index (κ1) is 15.0. The average molecular weight is 281 g/mol. The van der Waals surface area contributed by atoms with Crippen molar-refractivity contribution in [2.75, 3.05) is 33.4 Å². The number of imidazole rings is 1. The van der Waals surface area contributed by atoms with E-state index in [4.69, 9.17) is 9.47 Å². The van der Waals surface area contributed by atoms with E-state index in [1.54, 1.807) is 18.1 Å². The summed E-state index contributed by atoms with van der Waals surface area (Å²) in [5.41, 5.74) is 0. The molecule has 1 aliphatic heterocycles. The SMILES string of the molecule is Cc1nccn1CCN(C)C(=O)COC[C@H]1CCCO1. The number of likely N-dealkylation sites (N-methyl/N-ethyl adjacent to an activating group) is 1. The number of aromatic nitrogens is 2. The Morgan fingerprint density at radius 2 is 2.50 bits per heavy atom. The van der Waals surface area contributed by atoms with E-state index < -0.39 is 0 Å². The number of ether oxygens (including phenoxy) is 2. The molecule has 1 saturated heterocycles. The van der Waals surface area contributed by atoms with E-state index in [2.05, 4.69) is 4.98 Å². The van der Waals surface area contributed by atoms with Crippen molar-refractivity contribution in [1.29, 1.82) is 0 Å². The highest BCUT2D eigenvalue weighted by Gasteiger charge is 2.16. The summed E-state index contributed by atoms with van der Waals surface area (Å²) in [6, 6.07) is 0. The Balaban J connectivity index is 1.62. The predicted molar refractivity (Wildman–Crippen MR) is 74.4 cm³/mol. The molecule has 0 N–H and O–H groups in total. The van der Waals surface area contributed by atoms with Gasteiger partial charge >= 0.3 is 0 Å². The van der Waals surface area contributed by atoms with Gasteiger partial charge in [-0.2, -0.15) is 0 Å². The number of hydrogen-bond acceptors (Lipinski definition) is 4. The lowest BCUT2D eigenvalue weighted by molar-refractivity contribution is -0.136. The number of rotatable bonds is 7. The van der Waals surface area contributed by atoms with E-state index in [0.29, 0.717) is 13.2 Å². The summed E-state index contributed by atoms with van der Waals surface area (Å²) in [4.78, 5) is 17.7. The third kappa shape index (κ3) is 4.31. The fourth-order valence-electron chi connectivity index (χ4n) is 2.19. The van der Waals surface area contributed by atoms with Crippen LogP contribution in [0, 0.1) is 6.92 Å². The standard InChI is InChI=1S/C14H23N3O3/c1-12-15-5-6-17(12)8-7-16(2)14(18)11-19-10-13-4-3-9-20-13/h5-6,13H,3-4,7-11H2,1-2H3/t13-/m1/s1. The molecule has 0 unspecified atom stereocenters. The van der Waals surface area contributed by atoms with Gasteiger partial charge in [0.2, 0.25) is 5.91 Å². The molecule has 1 amide bonds. The molecule has 0 radical (unpaired) electrons. The van der Waals surface area contributed by atoms with Crippen LogP contribution in [0.25, 0.3) is 0 Å². The van der Waals surface area contributed by atoms with E-state index in [0.717, 1.165) is 31.8 Å². The Bertz CT molecular complexity index is 427. The monoisotopic (exact) mass is 281 g/mol. The normalized spacial score (nSPS) is 18.4. The van der Waals surface area contributed by atoms with Crippen LogP contribution >= 0.6 is 0 Å². The van der Waals surface area contributed by atoms with Crippen LogP contribution in [0.3, 0.4) is 0 Å². The van der Waals surface area contributed by atoms with Crippen molar-refractivity contribution >= 4 is 5.91 Å². The number of carbonyl (C=O) groups excluding carboxylic acids is 1. The first-order chi connectivity index (χ1) is 9.66. The molecule has 0 aromatic carbocycles. The molecule has 0 aliphatic carbocycles.